The highest BCUT2D eigenvalue weighted by atomic mass is 13.0. The summed E-state index contributed by atoms with van der Waals surface area (Å²) in [6.07, 6.45) is 0. The van der Waals surface area contributed by atoms with E-state index in [2.05, 4.69) is 0 Å². The topological polar surface area (TPSA) is 0 Å². The molecule has 0 aliphatic carbocycles. The average molecular weight is 56.9 g/mol. The highest BCUT2D eigenvalue weighted by Crippen LogP contribution is 1.14. The average Bonchev–Trinajstić information content (AvgIpc) is 1.00. The molecule has 0 aliphatic heterocycles. The molecule has 0 fully saturated rings. The van der Waals surface area contributed by atoms with Crippen molar-refractivity contribution < 1.29 is 0 Å². The van der Waals surface area contributed by atoms with Crippen LogP contribution in [0.3, 0.4) is 0 Å². The first-order valence-electron chi connectivity index (χ1n) is 1.00. The van der Waals surface area contributed by atoms with Crippen LogP contribution in [-0.4, -0.2) is 8.41 Å². The van der Waals surface area contributed by atoms with Gasteiger partial charge in [0.25, 0.3) is 0 Å². The van der Waals surface area contributed by atoms with E-state index >= 15 is 0 Å². The minimum absolute atomic E-state index is 0. The molecule has 0 rings (SSSR count). The van der Waals surface area contributed by atoms with Crippen LogP contribution in [0, 0.1) is 0 Å². The maximum atomic E-state index is 2.00. The monoisotopic (exact) mass is 57.1 g/mol. The first-order valence-corrected chi connectivity index (χ1v) is 1.00. The van der Waals surface area contributed by atoms with Crippen LogP contribution < -0.4 is 0 Å². The van der Waals surface area contributed by atoms with Crippen molar-refractivity contribution in [3.05, 3.63) is 0 Å². The van der Waals surface area contributed by atoms with Gasteiger partial charge in [0, 0.05) is 8.41 Å². The van der Waals surface area contributed by atoms with Crippen molar-refractivity contribution in [2.75, 3.05) is 0 Å². The third-order valence-electron chi connectivity index (χ3n) is 0. The first kappa shape index (κ1) is 33.7. The highest BCUT2D eigenvalue weighted by Gasteiger charge is 0.932. The smallest absolute Gasteiger partial charge is 0 e. The number of rotatable bonds is 0. The summed E-state index contributed by atoms with van der Waals surface area (Å²) in [4.78, 5) is 0. The Morgan fingerprint density at radius 3 is 1.00 bits per heavy atom. The molecule has 25 valence electrons. The van der Waals surface area contributed by atoms with E-state index in [4.69, 9.17) is 0 Å². The standard InChI is InChI=1S/C2H6.CH4.B/c1-2;;/h1-2H3;1H4;. The molecular formula is C3H10B. The van der Waals surface area contributed by atoms with Crippen molar-refractivity contribution in [2.45, 2.75) is 21.3 Å². The zero-order valence-corrected chi connectivity index (χ0v) is 2.58. The Labute approximate surface area is 30.8 Å². The molecule has 0 spiro atoms. The summed E-state index contributed by atoms with van der Waals surface area (Å²) in [5.74, 6) is 0. The summed E-state index contributed by atoms with van der Waals surface area (Å²) in [7, 11) is 0. The maximum absolute atomic E-state index is 2.00. The summed E-state index contributed by atoms with van der Waals surface area (Å²) in [5, 5.41) is 0. The van der Waals surface area contributed by atoms with Gasteiger partial charge in [-0.2, -0.15) is 0 Å². The molecule has 0 saturated heterocycles. The van der Waals surface area contributed by atoms with Crippen LogP contribution in [0.25, 0.3) is 0 Å². The summed E-state index contributed by atoms with van der Waals surface area (Å²) < 4.78 is 0. The quantitative estimate of drug-likeness (QED) is 0.367. The van der Waals surface area contributed by atoms with Gasteiger partial charge < -0.3 is 0 Å². The summed E-state index contributed by atoms with van der Waals surface area (Å²) in [6, 6.07) is 0. The van der Waals surface area contributed by atoms with Gasteiger partial charge in [-0.3, -0.25) is 0 Å². The van der Waals surface area contributed by atoms with Crippen molar-refractivity contribution in [3.8, 4) is 0 Å². The van der Waals surface area contributed by atoms with E-state index in [0.717, 1.165) is 0 Å². The van der Waals surface area contributed by atoms with Gasteiger partial charge in [-0.15, -0.1) is 0 Å². The lowest BCUT2D eigenvalue weighted by atomic mass is 10.8. The van der Waals surface area contributed by atoms with E-state index in [-0.39, 0.29) is 15.8 Å². The van der Waals surface area contributed by atoms with Crippen LogP contribution in [0.15, 0.2) is 0 Å². The molecule has 0 bridgehead atoms. The van der Waals surface area contributed by atoms with Crippen LogP contribution >= 0.6 is 0 Å². The largest absolute Gasteiger partial charge is 0.0776 e. The second kappa shape index (κ2) is 3100. The third kappa shape index (κ3) is 555. The Morgan fingerprint density at radius 2 is 1.00 bits per heavy atom. The van der Waals surface area contributed by atoms with Crippen molar-refractivity contribution in [3.63, 3.8) is 0 Å². The Kier molecular flexibility index (Phi) is 26100. The predicted molar refractivity (Wildman–Crippen MR) is 23.8 cm³/mol. The Bertz CT molecular complexity index is 3.25. The molecule has 0 aromatic carbocycles. The fraction of sp³-hybridized carbons (Fsp3) is 1.00. The molecule has 0 aliphatic rings. The molecule has 0 saturated carbocycles. The zero-order chi connectivity index (χ0) is 2.00. The second-order valence-electron chi connectivity index (χ2n) is 0. The first-order chi connectivity index (χ1) is 1.00. The molecule has 1 heteroatoms. The summed E-state index contributed by atoms with van der Waals surface area (Å²) >= 11 is 0. The van der Waals surface area contributed by atoms with Gasteiger partial charge in [0.05, 0.1) is 0 Å². The fourth-order valence-electron chi connectivity index (χ4n) is 0. The van der Waals surface area contributed by atoms with Gasteiger partial charge in [-0.05, 0) is 0 Å². The normalized spacial score (nSPS) is 1.50. The Hall–Kier alpha value is 0.0649. The lowest BCUT2D eigenvalue weighted by Gasteiger charge is -1.07. The van der Waals surface area contributed by atoms with E-state index < -0.39 is 0 Å². The van der Waals surface area contributed by atoms with Gasteiger partial charge in [0.1, 0.15) is 0 Å². The van der Waals surface area contributed by atoms with Crippen LogP contribution in [0.4, 0.5) is 0 Å². The number of hydrogen-bond acceptors (Lipinski definition) is 0. The lowest BCUT2D eigenvalue weighted by molar-refractivity contribution is 1.50. The lowest BCUT2D eigenvalue weighted by Crippen LogP contribution is -0.856. The molecule has 0 unspecified atom stereocenters. The molecule has 0 aromatic rings. The molecule has 0 atom stereocenters. The van der Waals surface area contributed by atoms with E-state index in [9.17, 15) is 0 Å². The third-order valence-corrected chi connectivity index (χ3v) is 0. The second-order valence-corrected chi connectivity index (χ2v) is 0. The Balaban J connectivity index is -0.00000000500. The van der Waals surface area contributed by atoms with Gasteiger partial charge in [0.2, 0.25) is 0 Å². The van der Waals surface area contributed by atoms with Crippen LogP contribution in [-0.2, 0) is 0 Å². The molecule has 3 radical (unpaired) electrons. The zero-order valence-electron chi connectivity index (χ0n) is 2.58. The molecule has 0 amide bonds. The molecular weight excluding hydrogens is 46.8 g/mol. The summed E-state index contributed by atoms with van der Waals surface area (Å²) in [6.45, 7) is 4.00. The van der Waals surface area contributed by atoms with Crippen molar-refractivity contribution in [1.82, 2.24) is 0 Å². The van der Waals surface area contributed by atoms with Crippen molar-refractivity contribution in [2.24, 2.45) is 0 Å². The van der Waals surface area contributed by atoms with Gasteiger partial charge in [-0.1, -0.05) is 21.3 Å². The molecule has 0 N–H and O–H groups in total. The predicted octanol–water partition coefficient (Wildman–Crippen LogP) is 1.28. The van der Waals surface area contributed by atoms with Gasteiger partial charge in [-0.25, -0.2) is 0 Å². The van der Waals surface area contributed by atoms with Crippen LogP contribution in [0.5, 0.6) is 0 Å². The maximum Gasteiger partial charge on any atom is 0 e. The van der Waals surface area contributed by atoms with Crippen molar-refractivity contribution >= 4 is 8.41 Å². The van der Waals surface area contributed by atoms with Gasteiger partial charge in [0.15, 0.2) is 0 Å². The minimum Gasteiger partial charge on any atom is -0.0776 e. The van der Waals surface area contributed by atoms with Crippen LogP contribution in [0.1, 0.15) is 21.3 Å². The van der Waals surface area contributed by atoms with Gasteiger partial charge >= 0.3 is 0 Å². The Morgan fingerprint density at radius 1 is 1.00 bits per heavy atom. The molecule has 4 heavy (non-hydrogen) atoms. The molecule has 0 nitrogen and oxygen atoms in total. The van der Waals surface area contributed by atoms with E-state index in [1.807, 2.05) is 13.8 Å². The molecule has 0 heterocycles. The highest BCUT2D eigenvalue weighted by molar-refractivity contribution is 5.75. The van der Waals surface area contributed by atoms with E-state index in [0.29, 0.717) is 0 Å². The minimum atomic E-state index is 0. The van der Waals surface area contributed by atoms with E-state index in [1.54, 1.807) is 0 Å². The fourth-order valence-corrected chi connectivity index (χ4v) is 0. The molecule has 0 aromatic heterocycles. The SMILES string of the molecule is C.CC.[B]. The number of hydrogen-bond donors (Lipinski definition) is 0. The van der Waals surface area contributed by atoms with Crippen molar-refractivity contribution in [1.29, 1.82) is 0 Å². The summed E-state index contributed by atoms with van der Waals surface area (Å²) in [5.41, 5.74) is 0. The van der Waals surface area contributed by atoms with E-state index in [1.165, 1.54) is 0 Å². The van der Waals surface area contributed by atoms with Crippen LogP contribution in [0.2, 0.25) is 0 Å².